The second kappa shape index (κ2) is 10.6. The number of rotatable bonds is 5. The Kier molecular flexibility index (Phi) is 7.64. The van der Waals surface area contributed by atoms with Crippen LogP contribution in [0.5, 0.6) is 0 Å². The van der Waals surface area contributed by atoms with Gasteiger partial charge in [-0.3, -0.25) is 9.69 Å². The van der Waals surface area contributed by atoms with Gasteiger partial charge >= 0.3 is 0 Å². The number of carbonyl (C=O) groups excluding carboxylic acids is 1. The Bertz CT molecular complexity index is 1430. The normalized spacial score (nSPS) is 21.1. The molecule has 1 amide bonds. The number of piperazine rings is 1. The van der Waals surface area contributed by atoms with Gasteiger partial charge in [-0.25, -0.2) is 12.8 Å². The molecule has 2 atom stereocenters. The molecule has 2 aliphatic rings. The lowest BCUT2D eigenvalue weighted by Gasteiger charge is -2.41. The van der Waals surface area contributed by atoms with Gasteiger partial charge in [0, 0.05) is 42.1 Å². The van der Waals surface area contributed by atoms with E-state index in [0.29, 0.717) is 6.54 Å². The monoisotopic (exact) mass is 581 g/mol. The summed E-state index contributed by atoms with van der Waals surface area (Å²) in [5.74, 6) is -0.387. The first-order valence-corrected chi connectivity index (χ1v) is 15.0. The van der Waals surface area contributed by atoms with E-state index in [0.717, 1.165) is 17.5 Å². The van der Waals surface area contributed by atoms with Crippen molar-refractivity contribution in [1.82, 2.24) is 14.1 Å². The quantitative estimate of drug-likeness (QED) is 0.422. The van der Waals surface area contributed by atoms with Gasteiger partial charge in [0.05, 0.1) is 17.6 Å². The van der Waals surface area contributed by atoms with Crippen LogP contribution in [-0.2, 0) is 21.2 Å². The third-order valence-electron chi connectivity index (χ3n) is 6.97. The number of nitrogens with zero attached hydrogens (tertiary/aromatic N) is 3. The van der Waals surface area contributed by atoms with Crippen LogP contribution in [0.25, 0.3) is 0 Å². The fraction of sp³-hybridized carbons (Fsp3) is 0.346. The van der Waals surface area contributed by atoms with Crippen LogP contribution in [0.1, 0.15) is 29.0 Å². The standard InChI is InChI=1S/C26H26Cl2FN3O3S2/c1-17-15-30(10-11-32(17)37(34,35)24-14-19(27)5-6-22(24)28)25(33)16-31-9-7-23-21(8-12-36-23)26(31)18-3-2-4-20(29)13-18/h2-6,8,12-14,17,26H,7,9-11,15-16H2,1H3/t17-,26+/m0/s1. The van der Waals surface area contributed by atoms with Crippen LogP contribution in [0.4, 0.5) is 4.39 Å². The lowest BCUT2D eigenvalue weighted by atomic mass is 9.93. The molecule has 196 valence electrons. The topological polar surface area (TPSA) is 60.9 Å². The van der Waals surface area contributed by atoms with Gasteiger partial charge in [-0.05, 0) is 66.2 Å². The SMILES string of the molecule is C[C@H]1CN(C(=O)CN2CCc3sccc3[C@H]2c2cccc(F)c2)CCN1S(=O)(=O)c1cc(Cl)ccc1Cl. The van der Waals surface area contributed by atoms with Crippen LogP contribution in [0.15, 0.2) is 58.8 Å². The van der Waals surface area contributed by atoms with Crippen molar-refractivity contribution in [2.45, 2.75) is 30.3 Å². The Morgan fingerprint density at radius 1 is 1.11 bits per heavy atom. The van der Waals surface area contributed by atoms with Crippen molar-refractivity contribution in [3.8, 4) is 0 Å². The van der Waals surface area contributed by atoms with Gasteiger partial charge < -0.3 is 4.90 Å². The predicted octanol–water partition coefficient (Wildman–Crippen LogP) is 5.06. The third kappa shape index (κ3) is 5.30. The van der Waals surface area contributed by atoms with Crippen molar-refractivity contribution in [3.05, 3.63) is 85.8 Å². The van der Waals surface area contributed by atoms with Crippen molar-refractivity contribution < 1.29 is 17.6 Å². The third-order valence-corrected chi connectivity index (χ3v) is 10.7. The number of thiophene rings is 1. The van der Waals surface area contributed by atoms with Crippen LogP contribution >= 0.6 is 34.5 Å². The zero-order valence-electron chi connectivity index (χ0n) is 20.1. The molecule has 37 heavy (non-hydrogen) atoms. The molecule has 2 aliphatic heterocycles. The minimum absolute atomic E-state index is 0.0360. The zero-order valence-corrected chi connectivity index (χ0v) is 23.3. The average Bonchev–Trinajstić information content (AvgIpc) is 3.34. The van der Waals surface area contributed by atoms with Crippen molar-refractivity contribution in [3.63, 3.8) is 0 Å². The van der Waals surface area contributed by atoms with Crippen LogP contribution in [-0.4, -0.2) is 67.2 Å². The highest BCUT2D eigenvalue weighted by Crippen LogP contribution is 2.38. The number of sulfonamides is 1. The van der Waals surface area contributed by atoms with Crippen molar-refractivity contribution in [2.24, 2.45) is 0 Å². The molecule has 1 aromatic heterocycles. The number of carbonyl (C=O) groups is 1. The molecule has 0 spiro atoms. The van der Waals surface area contributed by atoms with E-state index in [9.17, 15) is 17.6 Å². The highest BCUT2D eigenvalue weighted by atomic mass is 35.5. The van der Waals surface area contributed by atoms with Gasteiger partial charge in [-0.15, -0.1) is 11.3 Å². The molecule has 0 unspecified atom stereocenters. The number of hydrogen-bond donors (Lipinski definition) is 0. The smallest absolute Gasteiger partial charge is 0.244 e. The second-order valence-corrected chi connectivity index (χ2v) is 13.1. The average molecular weight is 583 g/mol. The number of benzene rings is 2. The Labute approximate surface area is 230 Å². The maximum Gasteiger partial charge on any atom is 0.244 e. The Morgan fingerprint density at radius 3 is 2.68 bits per heavy atom. The highest BCUT2D eigenvalue weighted by molar-refractivity contribution is 7.89. The molecule has 0 aliphatic carbocycles. The van der Waals surface area contributed by atoms with Crippen LogP contribution in [0.3, 0.4) is 0 Å². The number of hydrogen-bond acceptors (Lipinski definition) is 5. The van der Waals surface area contributed by atoms with E-state index in [1.807, 2.05) is 11.4 Å². The molecule has 0 bridgehead atoms. The summed E-state index contributed by atoms with van der Waals surface area (Å²) < 4.78 is 42.1. The first kappa shape index (κ1) is 26.6. The van der Waals surface area contributed by atoms with Crippen molar-refractivity contribution >= 4 is 50.5 Å². The zero-order chi connectivity index (χ0) is 26.3. The Morgan fingerprint density at radius 2 is 1.92 bits per heavy atom. The molecule has 0 radical (unpaired) electrons. The first-order chi connectivity index (χ1) is 17.6. The van der Waals surface area contributed by atoms with E-state index in [1.165, 1.54) is 33.4 Å². The lowest BCUT2D eigenvalue weighted by Crippen LogP contribution is -2.57. The van der Waals surface area contributed by atoms with E-state index in [1.54, 1.807) is 35.3 Å². The molecule has 1 fully saturated rings. The molecule has 0 saturated carbocycles. The lowest BCUT2D eigenvalue weighted by molar-refractivity contribution is -0.135. The van der Waals surface area contributed by atoms with Gasteiger partial charge in [0.1, 0.15) is 10.7 Å². The van der Waals surface area contributed by atoms with Crippen molar-refractivity contribution in [1.29, 1.82) is 0 Å². The molecular formula is C26H26Cl2FN3O3S2. The van der Waals surface area contributed by atoms with E-state index < -0.39 is 16.1 Å². The van der Waals surface area contributed by atoms with Crippen LogP contribution < -0.4 is 0 Å². The predicted molar refractivity (Wildman–Crippen MR) is 144 cm³/mol. The summed E-state index contributed by atoms with van der Waals surface area (Å²) >= 11 is 13.9. The van der Waals surface area contributed by atoms with Gasteiger partial charge in [-0.2, -0.15) is 4.31 Å². The largest absolute Gasteiger partial charge is 0.339 e. The number of amides is 1. The summed E-state index contributed by atoms with van der Waals surface area (Å²) in [4.78, 5) is 18.5. The molecule has 3 heterocycles. The molecule has 11 heteroatoms. The summed E-state index contributed by atoms with van der Waals surface area (Å²) in [5.41, 5.74) is 1.92. The molecule has 5 rings (SSSR count). The molecule has 6 nitrogen and oxygen atoms in total. The molecule has 3 aromatic rings. The Balaban J connectivity index is 1.32. The minimum Gasteiger partial charge on any atom is -0.339 e. The maximum absolute atomic E-state index is 14.1. The Hall–Kier alpha value is -2.01. The van der Waals surface area contributed by atoms with Gasteiger partial charge in [-0.1, -0.05) is 35.3 Å². The van der Waals surface area contributed by atoms with Gasteiger partial charge in [0.15, 0.2) is 0 Å². The highest BCUT2D eigenvalue weighted by Gasteiger charge is 2.38. The van der Waals surface area contributed by atoms with E-state index in [-0.39, 0.29) is 58.9 Å². The summed E-state index contributed by atoms with van der Waals surface area (Å²) in [7, 11) is -3.88. The summed E-state index contributed by atoms with van der Waals surface area (Å²) in [6, 6.07) is 12.3. The maximum atomic E-state index is 14.1. The van der Waals surface area contributed by atoms with Crippen LogP contribution in [0, 0.1) is 5.82 Å². The molecular weight excluding hydrogens is 556 g/mol. The van der Waals surface area contributed by atoms with Crippen LogP contribution in [0.2, 0.25) is 10.0 Å². The van der Waals surface area contributed by atoms with E-state index >= 15 is 0 Å². The van der Waals surface area contributed by atoms with Gasteiger partial charge in [0.25, 0.3) is 0 Å². The summed E-state index contributed by atoms with van der Waals surface area (Å²) in [5, 5.41) is 2.43. The fourth-order valence-electron chi connectivity index (χ4n) is 5.21. The molecule has 0 N–H and O–H groups in total. The molecule has 1 saturated heterocycles. The van der Waals surface area contributed by atoms with E-state index in [4.69, 9.17) is 23.2 Å². The summed E-state index contributed by atoms with van der Waals surface area (Å²) in [6.45, 7) is 3.30. The molecule has 2 aromatic carbocycles. The van der Waals surface area contributed by atoms with Gasteiger partial charge in [0.2, 0.25) is 15.9 Å². The number of halogens is 3. The number of fused-ring (bicyclic) bond motifs is 1. The second-order valence-electron chi connectivity index (χ2n) is 9.36. The first-order valence-electron chi connectivity index (χ1n) is 12.0. The summed E-state index contributed by atoms with van der Waals surface area (Å²) in [6.07, 6.45) is 0.828. The van der Waals surface area contributed by atoms with E-state index in [2.05, 4.69) is 11.0 Å². The van der Waals surface area contributed by atoms with Crippen molar-refractivity contribution in [2.75, 3.05) is 32.7 Å². The minimum atomic E-state index is -3.88. The fourth-order valence-corrected chi connectivity index (χ4v) is 8.46.